The molecule has 3 rings (SSSR count). The summed E-state index contributed by atoms with van der Waals surface area (Å²) in [7, 11) is 0. The van der Waals surface area contributed by atoms with Crippen LogP contribution in [0.15, 0.2) is 48.9 Å². The molecule has 1 aromatic carbocycles. The minimum atomic E-state index is 0.826. The van der Waals surface area contributed by atoms with Gasteiger partial charge in [-0.3, -0.25) is 5.10 Å². The van der Waals surface area contributed by atoms with Crippen LogP contribution < -0.4 is 0 Å². The summed E-state index contributed by atoms with van der Waals surface area (Å²) >= 11 is 0. The molecule has 0 amide bonds. The summed E-state index contributed by atoms with van der Waals surface area (Å²) in [6.07, 6.45) is 5.31. The molecule has 0 aliphatic carbocycles. The normalized spacial score (nSPS) is 10.5. The van der Waals surface area contributed by atoms with Crippen molar-refractivity contribution >= 4 is 0 Å². The van der Waals surface area contributed by atoms with Gasteiger partial charge in [0.05, 0.1) is 17.5 Å². The molecule has 16 heavy (non-hydrogen) atoms. The number of hydrogen-bond donors (Lipinski definition) is 2. The fourth-order valence-corrected chi connectivity index (χ4v) is 1.70. The van der Waals surface area contributed by atoms with Crippen molar-refractivity contribution in [3.63, 3.8) is 0 Å². The number of H-pyrrole nitrogens is 2. The van der Waals surface area contributed by atoms with Gasteiger partial charge in [0.25, 0.3) is 0 Å². The van der Waals surface area contributed by atoms with Gasteiger partial charge in [-0.2, -0.15) is 5.10 Å². The summed E-state index contributed by atoms with van der Waals surface area (Å²) in [5, 5.41) is 7.07. The van der Waals surface area contributed by atoms with E-state index in [1.807, 2.05) is 30.3 Å². The quantitative estimate of drug-likeness (QED) is 0.682. The summed E-state index contributed by atoms with van der Waals surface area (Å²) in [4.78, 5) is 7.31. The topological polar surface area (TPSA) is 57.4 Å². The molecule has 2 heterocycles. The van der Waals surface area contributed by atoms with Crippen LogP contribution in [0.2, 0.25) is 0 Å². The van der Waals surface area contributed by atoms with E-state index in [4.69, 9.17) is 0 Å². The SMILES string of the molecule is c1ccc(-c2[nH]ncc2-c2ncc[nH]2)cc1. The van der Waals surface area contributed by atoms with Crippen molar-refractivity contribution in [1.82, 2.24) is 20.2 Å². The van der Waals surface area contributed by atoms with Gasteiger partial charge in [0.15, 0.2) is 0 Å². The molecule has 0 aliphatic heterocycles. The maximum Gasteiger partial charge on any atom is 0.141 e. The Labute approximate surface area is 92.4 Å². The predicted octanol–water partition coefficient (Wildman–Crippen LogP) is 2.47. The van der Waals surface area contributed by atoms with Gasteiger partial charge >= 0.3 is 0 Å². The van der Waals surface area contributed by atoms with Crippen molar-refractivity contribution in [2.75, 3.05) is 0 Å². The Hall–Kier alpha value is -2.36. The molecule has 0 radical (unpaired) electrons. The van der Waals surface area contributed by atoms with Gasteiger partial charge in [-0.05, 0) is 0 Å². The maximum atomic E-state index is 4.23. The van der Waals surface area contributed by atoms with Gasteiger partial charge in [0, 0.05) is 18.0 Å². The Morgan fingerprint density at radius 3 is 2.69 bits per heavy atom. The molecule has 0 fully saturated rings. The third-order valence-corrected chi connectivity index (χ3v) is 2.46. The smallest absolute Gasteiger partial charge is 0.141 e. The minimum Gasteiger partial charge on any atom is -0.345 e. The lowest BCUT2D eigenvalue weighted by Crippen LogP contribution is -1.83. The van der Waals surface area contributed by atoms with Gasteiger partial charge < -0.3 is 4.98 Å². The summed E-state index contributed by atoms with van der Waals surface area (Å²) in [5.74, 6) is 0.826. The first-order valence-electron chi connectivity index (χ1n) is 5.03. The number of aromatic nitrogens is 4. The van der Waals surface area contributed by atoms with Gasteiger partial charge in [-0.15, -0.1) is 0 Å². The second kappa shape index (κ2) is 3.66. The van der Waals surface area contributed by atoms with Crippen LogP contribution in [0.5, 0.6) is 0 Å². The molecule has 0 saturated carbocycles. The highest BCUT2D eigenvalue weighted by Gasteiger charge is 2.10. The average Bonchev–Trinajstić information content (AvgIpc) is 3.01. The molecule has 2 aromatic heterocycles. The summed E-state index contributed by atoms with van der Waals surface area (Å²) < 4.78 is 0. The van der Waals surface area contributed by atoms with E-state index in [2.05, 4.69) is 20.2 Å². The van der Waals surface area contributed by atoms with E-state index in [0.717, 1.165) is 22.6 Å². The van der Waals surface area contributed by atoms with Crippen LogP contribution in [0.4, 0.5) is 0 Å². The van der Waals surface area contributed by atoms with Crippen LogP contribution in [0.25, 0.3) is 22.6 Å². The van der Waals surface area contributed by atoms with E-state index in [0.29, 0.717) is 0 Å². The second-order valence-corrected chi connectivity index (χ2v) is 3.46. The van der Waals surface area contributed by atoms with E-state index in [1.54, 1.807) is 18.6 Å². The Morgan fingerprint density at radius 1 is 1.06 bits per heavy atom. The highest BCUT2D eigenvalue weighted by molar-refractivity contribution is 5.76. The molecule has 0 bridgehead atoms. The van der Waals surface area contributed by atoms with Gasteiger partial charge in [0.1, 0.15) is 5.82 Å². The fraction of sp³-hybridized carbons (Fsp3) is 0. The highest BCUT2D eigenvalue weighted by atomic mass is 15.1. The van der Waals surface area contributed by atoms with Crippen molar-refractivity contribution in [1.29, 1.82) is 0 Å². The third-order valence-electron chi connectivity index (χ3n) is 2.46. The first-order chi connectivity index (χ1) is 7.95. The standard InChI is InChI=1S/C12H10N4/c1-2-4-9(5-3-1)11-10(8-15-16-11)12-13-6-7-14-12/h1-8H,(H,13,14)(H,15,16). The number of nitrogens with zero attached hydrogens (tertiary/aromatic N) is 2. The van der Waals surface area contributed by atoms with E-state index in [1.165, 1.54) is 0 Å². The zero-order valence-corrected chi connectivity index (χ0v) is 8.51. The van der Waals surface area contributed by atoms with Crippen molar-refractivity contribution in [3.05, 3.63) is 48.9 Å². The Kier molecular flexibility index (Phi) is 2.04. The largest absolute Gasteiger partial charge is 0.345 e. The van der Waals surface area contributed by atoms with E-state index in [-0.39, 0.29) is 0 Å². The van der Waals surface area contributed by atoms with Crippen LogP contribution in [0, 0.1) is 0 Å². The number of hydrogen-bond acceptors (Lipinski definition) is 2. The van der Waals surface area contributed by atoms with Gasteiger partial charge in [0.2, 0.25) is 0 Å². The molecule has 0 atom stereocenters. The Morgan fingerprint density at radius 2 is 1.94 bits per heavy atom. The lowest BCUT2D eigenvalue weighted by Gasteiger charge is -2.00. The van der Waals surface area contributed by atoms with E-state index >= 15 is 0 Å². The van der Waals surface area contributed by atoms with Crippen molar-refractivity contribution in [2.45, 2.75) is 0 Å². The molecular weight excluding hydrogens is 200 g/mol. The first-order valence-corrected chi connectivity index (χ1v) is 5.03. The number of aromatic amines is 2. The molecule has 3 aromatic rings. The van der Waals surface area contributed by atoms with Crippen LogP contribution in [-0.2, 0) is 0 Å². The molecular formula is C12H10N4. The highest BCUT2D eigenvalue weighted by Crippen LogP contribution is 2.27. The first kappa shape index (κ1) is 8.91. The zero-order valence-electron chi connectivity index (χ0n) is 8.51. The molecule has 0 saturated heterocycles. The molecule has 4 heteroatoms. The molecule has 4 nitrogen and oxygen atoms in total. The van der Waals surface area contributed by atoms with Gasteiger partial charge in [-0.1, -0.05) is 30.3 Å². The van der Waals surface area contributed by atoms with Crippen molar-refractivity contribution in [2.24, 2.45) is 0 Å². The van der Waals surface area contributed by atoms with E-state index < -0.39 is 0 Å². The fourth-order valence-electron chi connectivity index (χ4n) is 1.70. The van der Waals surface area contributed by atoms with E-state index in [9.17, 15) is 0 Å². The number of rotatable bonds is 2. The van der Waals surface area contributed by atoms with Crippen molar-refractivity contribution < 1.29 is 0 Å². The Bertz CT molecular complexity index is 566. The lowest BCUT2D eigenvalue weighted by molar-refractivity contribution is 1.10. The van der Waals surface area contributed by atoms with Crippen molar-refractivity contribution in [3.8, 4) is 22.6 Å². The monoisotopic (exact) mass is 210 g/mol. The van der Waals surface area contributed by atoms with Crippen LogP contribution in [0.1, 0.15) is 0 Å². The third kappa shape index (κ3) is 1.40. The Balaban J connectivity index is 2.14. The maximum absolute atomic E-state index is 4.23. The minimum absolute atomic E-state index is 0.826. The van der Waals surface area contributed by atoms with Crippen LogP contribution in [-0.4, -0.2) is 20.2 Å². The number of nitrogens with one attached hydrogen (secondary N) is 2. The van der Waals surface area contributed by atoms with Crippen LogP contribution >= 0.6 is 0 Å². The zero-order chi connectivity index (χ0) is 10.8. The molecule has 0 spiro atoms. The van der Waals surface area contributed by atoms with Crippen LogP contribution in [0.3, 0.4) is 0 Å². The summed E-state index contributed by atoms with van der Waals surface area (Å²) in [6.45, 7) is 0. The summed E-state index contributed by atoms with van der Waals surface area (Å²) in [6, 6.07) is 10.1. The molecule has 2 N–H and O–H groups in total. The molecule has 0 unspecified atom stereocenters. The number of benzene rings is 1. The molecule has 0 aliphatic rings. The lowest BCUT2D eigenvalue weighted by atomic mass is 10.1. The van der Waals surface area contributed by atoms with Gasteiger partial charge in [-0.25, -0.2) is 4.98 Å². The molecule has 78 valence electrons. The predicted molar refractivity (Wildman–Crippen MR) is 61.6 cm³/mol. The second-order valence-electron chi connectivity index (χ2n) is 3.46. The summed E-state index contributed by atoms with van der Waals surface area (Å²) in [5.41, 5.74) is 3.07. The number of imidazole rings is 1. The average molecular weight is 210 g/mol.